The van der Waals surface area contributed by atoms with Crippen LogP contribution >= 0.6 is 0 Å². The summed E-state index contributed by atoms with van der Waals surface area (Å²) in [6, 6.07) is 11.8. The molecule has 0 aliphatic heterocycles. The van der Waals surface area contributed by atoms with Gasteiger partial charge in [0.15, 0.2) is 0 Å². The second-order valence-corrected chi connectivity index (χ2v) is 10.5. The van der Waals surface area contributed by atoms with Crippen LogP contribution in [-0.4, -0.2) is 37.9 Å². The summed E-state index contributed by atoms with van der Waals surface area (Å²) in [6.07, 6.45) is -2.41. The summed E-state index contributed by atoms with van der Waals surface area (Å²) >= 11 is 0. The number of hydrazone groups is 1. The Morgan fingerprint density at radius 2 is 1.78 bits per heavy atom. The number of carbonyl (C=O) groups is 1. The Morgan fingerprint density at radius 1 is 1.08 bits per heavy atom. The number of sulfonamides is 1. The molecule has 0 atom stereocenters. The van der Waals surface area contributed by atoms with Crippen LogP contribution in [-0.2, 0) is 21.0 Å². The predicted molar refractivity (Wildman–Crippen MR) is 134 cm³/mol. The fourth-order valence-electron chi connectivity index (χ4n) is 3.92. The highest BCUT2D eigenvalue weighted by molar-refractivity contribution is 7.92. The van der Waals surface area contributed by atoms with Crippen LogP contribution in [0, 0.1) is 27.7 Å². The summed E-state index contributed by atoms with van der Waals surface area (Å²) in [6.45, 7) is 7.16. The first-order valence-corrected chi connectivity index (χ1v) is 12.8. The minimum Gasteiger partial charge on any atom is -0.318 e. The van der Waals surface area contributed by atoms with Gasteiger partial charge in [-0.15, -0.1) is 0 Å². The zero-order valence-electron chi connectivity index (χ0n) is 20.5. The first-order valence-electron chi connectivity index (χ1n) is 10.9. The number of halogens is 3. The summed E-state index contributed by atoms with van der Waals surface area (Å²) in [7, 11) is -4.05. The molecular weight excluding hydrogens is 493 g/mol. The minimum absolute atomic E-state index is 0.275. The van der Waals surface area contributed by atoms with Crippen LogP contribution in [0.4, 0.5) is 18.9 Å². The molecule has 0 spiro atoms. The number of hydrogen-bond acceptors (Lipinski definition) is 4. The van der Waals surface area contributed by atoms with Gasteiger partial charge in [0.25, 0.3) is 5.91 Å². The van der Waals surface area contributed by atoms with Gasteiger partial charge in [-0.2, -0.15) is 18.3 Å². The summed E-state index contributed by atoms with van der Waals surface area (Å²) in [5.74, 6) is -0.808. The van der Waals surface area contributed by atoms with Gasteiger partial charge in [-0.1, -0.05) is 23.8 Å². The minimum atomic E-state index is -4.66. The Morgan fingerprint density at radius 3 is 2.39 bits per heavy atom. The van der Waals surface area contributed by atoms with Gasteiger partial charge in [-0.3, -0.25) is 9.10 Å². The van der Waals surface area contributed by atoms with E-state index in [0.29, 0.717) is 10.4 Å². The van der Waals surface area contributed by atoms with Gasteiger partial charge in [0.05, 0.1) is 23.7 Å². The van der Waals surface area contributed by atoms with Crippen molar-refractivity contribution in [1.82, 2.24) is 9.99 Å². The molecule has 3 rings (SSSR count). The van der Waals surface area contributed by atoms with E-state index in [1.807, 2.05) is 45.9 Å². The fraction of sp³-hybridized carbons (Fsp3) is 0.280. The van der Waals surface area contributed by atoms with Crippen molar-refractivity contribution in [2.75, 3.05) is 17.1 Å². The van der Waals surface area contributed by atoms with E-state index in [2.05, 4.69) is 21.2 Å². The second-order valence-electron chi connectivity index (χ2n) is 8.56. The first kappa shape index (κ1) is 27.0. The lowest BCUT2D eigenvalue weighted by Gasteiger charge is -2.22. The van der Waals surface area contributed by atoms with Crippen LogP contribution in [0.25, 0.3) is 5.69 Å². The number of nitrogens with zero attached hydrogens (tertiary/aromatic N) is 3. The van der Waals surface area contributed by atoms with Gasteiger partial charge in [0.1, 0.15) is 6.54 Å². The lowest BCUT2D eigenvalue weighted by molar-refractivity contribution is -0.137. The van der Waals surface area contributed by atoms with E-state index >= 15 is 0 Å². The number of hydrogen-bond donors (Lipinski definition) is 1. The molecule has 0 radical (unpaired) electrons. The van der Waals surface area contributed by atoms with Crippen LogP contribution in [0.5, 0.6) is 0 Å². The summed E-state index contributed by atoms with van der Waals surface area (Å²) in [5, 5.41) is 3.93. The van der Waals surface area contributed by atoms with E-state index in [0.717, 1.165) is 52.2 Å². The number of anilines is 1. The van der Waals surface area contributed by atoms with Crippen LogP contribution in [0.15, 0.2) is 53.6 Å². The Kier molecular flexibility index (Phi) is 7.63. The number of alkyl halides is 3. The van der Waals surface area contributed by atoms with Crippen molar-refractivity contribution in [2.45, 2.75) is 33.9 Å². The van der Waals surface area contributed by atoms with Crippen molar-refractivity contribution in [3.05, 3.63) is 82.2 Å². The van der Waals surface area contributed by atoms with Crippen LogP contribution < -0.4 is 9.73 Å². The molecule has 11 heteroatoms. The number of rotatable bonds is 7. The highest BCUT2D eigenvalue weighted by Gasteiger charge is 2.32. The average molecular weight is 521 g/mol. The van der Waals surface area contributed by atoms with Crippen LogP contribution in [0.3, 0.4) is 0 Å². The van der Waals surface area contributed by atoms with Gasteiger partial charge in [0, 0.05) is 22.6 Å². The molecule has 7 nitrogen and oxygen atoms in total. The maximum atomic E-state index is 13.1. The lowest BCUT2D eigenvalue weighted by atomic mass is 10.1. The maximum Gasteiger partial charge on any atom is 0.416 e. The molecule has 0 aliphatic carbocycles. The topological polar surface area (TPSA) is 83.8 Å². The van der Waals surface area contributed by atoms with Crippen molar-refractivity contribution in [2.24, 2.45) is 5.10 Å². The van der Waals surface area contributed by atoms with E-state index in [1.165, 1.54) is 12.3 Å². The van der Waals surface area contributed by atoms with Crippen LogP contribution in [0.1, 0.15) is 33.6 Å². The van der Waals surface area contributed by atoms with Crippen molar-refractivity contribution in [3.63, 3.8) is 0 Å². The summed E-state index contributed by atoms with van der Waals surface area (Å²) < 4.78 is 66.3. The summed E-state index contributed by atoms with van der Waals surface area (Å²) in [5.41, 5.74) is 6.82. The quantitative estimate of drug-likeness (QED) is 0.364. The maximum absolute atomic E-state index is 13.1. The van der Waals surface area contributed by atoms with Gasteiger partial charge in [-0.25, -0.2) is 13.8 Å². The highest BCUT2D eigenvalue weighted by atomic mass is 32.2. The number of benzene rings is 2. The van der Waals surface area contributed by atoms with Crippen molar-refractivity contribution < 1.29 is 26.4 Å². The molecule has 36 heavy (non-hydrogen) atoms. The summed E-state index contributed by atoms with van der Waals surface area (Å²) in [4.78, 5) is 12.4. The Bertz CT molecular complexity index is 1430. The molecule has 2 aromatic carbocycles. The average Bonchev–Trinajstić information content (AvgIpc) is 3.04. The molecule has 3 aromatic rings. The molecule has 0 saturated heterocycles. The lowest BCUT2D eigenvalue weighted by Crippen LogP contribution is -2.39. The Balaban J connectivity index is 1.78. The third kappa shape index (κ3) is 6.14. The van der Waals surface area contributed by atoms with Gasteiger partial charge >= 0.3 is 6.18 Å². The number of nitrogens with one attached hydrogen (secondary N) is 1. The van der Waals surface area contributed by atoms with Crippen LogP contribution in [0.2, 0.25) is 0 Å². The molecule has 1 N–H and O–H groups in total. The smallest absolute Gasteiger partial charge is 0.318 e. The van der Waals surface area contributed by atoms with E-state index < -0.39 is 34.2 Å². The first-order chi connectivity index (χ1) is 16.7. The molecule has 1 amide bonds. The van der Waals surface area contributed by atoms with E-state index in [9.17, 15) is 26.4 Å². The zero-order valence-corrected chi connectivity index (χ0v) is 21.3. The standard InChI is InChI=1S/C25H27F3N4O3S/c1-16-9-10-23(17(2)11-16)32-18(3)12-20(19(32)4)14-29-30-24(33)15-31(36(5,34)35)22-8-6-7-21(13-22)25(26,27)28/h6-14H,15H2,1-5H3,(H,30,33)/b29-14-. The largest absolute Gasteiger partial charge is 0.416 e. The Labute approximate surface area is 208 Å². The highest BCUT2D eigenvalue weighted by Crippen LogP contribution is 2.32. The number of amides is 1. The molecule has 1 heterocycles. The van der Waals surface area contributed by atoms with Crippen molar-refractivity contribution >= 4 is 27.8 Å². The van der Waals surface area contributed by atoms with E-state index in [1.54, 1.807) is 0 Å². The normalized spacial score (nSPS) is 12.2. The molecule has 0 bridgehead atoms. The third-order valence-electron chi connectivity index (χ3n) is 5.61. The molecule has 192 valence electrons. The Hall–Kier alpha value is -3.60. The van der Waals surface area contributed by atoms with E-state index in [4.69, 9.17) is 0 Å². The third-order valence-corrected chi connectivity index (χ3v) is 6.75. The zero-order chi connectivity index (χ0) is 26.8. The van der Waals surface area contributed by atoms with Gasteiger partial charge in [-0.05, 0) is 63.6 Å². The van der Waals surface area contributed by atoms with Gasteiger partial charge < -0.3 is 4.57 Å². The van der Waals surface area contributed by atoms with Crippen molar-refractivity contribution in [1.29, 1.82) is 0 Å². The molecular formula is C25H27F3N4O3S. The number of carbonyl (C=O) groups excluding carboxylic acids is 1. The number of aryl methyl sites for hydroxylation is 3. The van der Waals surface area contributed by atoms with Gasteiger partial charge in [0.2, 0.25) is 10.0 Å². The predicted octanol–water partition coefficient (Wildman–Crippen LogP) is 4.65. The van der Waals surface area contributed by atoms with E-state index in [-0.39, 0.29) is 5.69 Å². The number of aromatic nitrogens is 1. The molecule has 0 aliphatic rings. The molecule has 0 fully saturated rings. The molecule has 1 aromatic heterocycles. The van der Waals surface area contributed by atoms with Crippen molar-refractivity contribution in [3.8, 4) is 5.69 Å². The second kappa shape index (κ2) is 10.2. The SMILES string of the molecule is Cc1ccc(-n2c(C)cc(/C=N\NC(=O)CN(c3cccc(C(F)(F)F)c3)S(C)(=O)=O)c2C)c(C)c1. The monoisotopic (exact) mass is 520 g/mol. The molecule has 0 unspecified atom stereocenters. The fourth-order valence-corrected chi connectivity index (χ4v) is 4.77. The molecule has 0 saturated carbocycles.